The minimum Gasteiger partial charge on any atom is -0.111 e. The molecule has 38 heavy (non-hydrogen) atoms. The molecule has 0 atom stereocenters. The van der Waals surface area contributed by atoms with E-state index < -0.39 is 0 Å². The highest BCUT2D eigenvalue weighted by Gasteiger charge is 2.44. The lowest BCUT2D eigenvalue weighted by Gasteiger charge is -2.16. The fraction of sp³-hybridized carbons (Fsp3) is 0.108. The summed E-state index contributed by atoms with van der Waals surface area (Å²) in [6.07, 6.45) is 4.95. The number of hydrogen-bond donors (Lipinski definition) is 0. The predicted molar refractivity (Wildman–Crippen MR) is 154 cm³/mol. The van der Waals surface area contributed by atoms with Crippen LogP contribution in [0.1, 0.15) is 26.3 Å². The van der Waals surface area contributed by atoms with Gasteiger partial charge in [-0.15, -0.1) is 11.0 Å². The molecule has 2 aromatic carbocycles. The van der Waals surface area contributed by atoms with Crippen molar-refractivity contribution in [1.29, 1.82) is 0 Å². The third-order valence-electron chi connectivity index (χ3n) is 5.38. The zero-order chi connectivity index (χ0) is 27.1. The standard InChI is InChI=1S/C37H16N/c1-5-6-7-8-9-10-11-12-13-14-15-16-17-18-19-20-21-22-23-26-31-38-32(2)37(3,4)36-34-28-25-24-27-33(34)29-30-35(36)38/h1,24-25,27-30H,2-4H3/q+1. The van der Waals surface area contributed by atoms with Crippen molar-refractivity contribution >= 4 is 22.2 Å². The molecule has 0 N–H and O–H groups in total. The fourth-order valence-electron chi connectivity index (χ4n) is 3.54. The normalized spacial score (nSPS) is 10.1. The minimum atomic E-state index is -0.131. The summed E-state index contributed by atoms with van der Waals surface area (Å²) < 4.78 is 2.02. The second-order valence-corrected chi connectivity index (χ2v) is 7.86. The number of terminal acetylenes is 1. The average Bonchev–Trinajstić information content (AvgIpc) is 3.12. The Morgan fingerprint density at radius 2 is 1.03 bits per heavy atom. The molecule has 3 rings (SSSR count). The summed E-state index contributed by atoms with van der Waals surface area (Å²) in [5.74, 6) is 50.9. The molecule has 1 aliphatic heterocycles. The smallest absolute Gasteiger partial charge is 0.111 e. The monoisotopic (exact) mass is 474 g/mol. The zero-order valence-corrected chi connectivity index (χ0v) is 21.0. The topological polar surface area (TPSA) is 3.01 Å². The van der Waals surface area contributed by atoms with Crippen LogP contribution < -0.4 is 0 Å². The van der Waals surface area contributed by atoms with E-state index in [4.69, 9.17) is 6.42 Å². The summed E-state index contributed by atoms with van der Waals surface area (Å²) in [7, 11) is 0. The van der Waals surface area contributed by atoms with E-state index in [1.54, 1.807) is 0 Å². The van der Waals surface area contributed by atoms with Crippen molar-refractivity contribution in [3.8, 4) is 131 Å². The molecule has 2 aromatic rings. The number of hydrogen-bond acceptors (Lipinski definition) is 0. The second-order valence-electron chi connectivity index (χ2n) is 7.86. The lowest BCUT2D eigenvalue weighted by atomic mass is 9.80. The van der Waals surface area contributed by atoms with Crippen LogP contribution in [0, 0.1) is 131 Å². The summed E-state index contributed by atoms with van der Waals surface area (Å²) in [6, 6.07) is 15.8. The van der Waals surface area contributed by atoms with E-state index >= 15 is 0 Å². The van der Waals surface area contributed by atoms with Gasteiger partial charge >= 0.3 is 0 Å². The van der Waals surface area contributed by atoms with Crippen molar-refractivity contribution in [3.05, 3.63) is 42.0 Å². The molecule has 0 amide bonds. The van der Waals surface area contributed by atoms with Crippen LogP contribution in [0.4, 0.5) is 5.69 Å². The van der Waals surface area contributed by atoms with Crippen LogP contribution in [0.5, 0.6) is 0 Å². The van der Waals surface area contributed by atoms with Crippen LogP contribution in [0.2, 0.25) is 0 Å². The van der Waals surface area contributed by atoms with Crippen LogP contribution in [0.15, 0.2) is 36.4 Å². The molecular formula is C37H16N+. The highest BCUT2D eigenvalue weighted by atomic mass is 15.0. The molecule has 0 unspecified atom stereocenters. The Bertz CT molecular complexity index is 2060. The minimum absolute atomic E-state index is 0.131. The maximum Gasteiger partial charge on any atom is 0.243 e. The summed E-state index contributed by atoms with van der Waals surface area (Å²) >= 11 is 0. The van der Waals surface area contributed by atoms with Crippen molar-refractivity contribution < 1.29 is 4.58 Å². The van der Waals surface area contributed by atoms with Crippen LogP contribution in [0.3, 0.4) is 0 Å². The number of rotatable bonds is 0. The summed E-state index contributed by atoms with van der Waals surface area (Å²) in [6.45, 7) is 6.55. The summed E-state index contributed by atoms with van der Waals surface area (Å²) in [5.41, 5.74) is 3.40. The fourth-order valence-corrected chi connectivity index (χ4v) is 3.54. The van der Waals surface area contributed by atoms with Crippen LogP contribution >= 0.6 is 0 Å². The first-order chi connectivity index (χ1) is 18.6. The second kappa shape index (κ2) is 13.4. The van der Waals surface area contributed by atoms with Gasteiger partial charge in [0.15, 0.2) is 5.71 Å². The van der Waals surface area contributed by atoms with Crippen molar-refractivity contribution in [2.24, 2.45) is 0 Å². The first-order valence-corrected chi connectivity index (χ1v) is 11.2. The first-order valence-electron chi connectivity index (χ1n) is 11.2. The van der Waals surface area contributed by atoms with E-state index in [0.717, 1.165) is 11.4 Å². The Kier molecular flexibility index (Phi) is 9.24. The molecular weight excluding hydrogens is 458 g/mol. The van der Waals surface area contributed by atoms with Gasteiger partial charge in [-0.3, -0.25) is 0 Å². The van der Waals surface area contributed by atoms with Crippen molar-refractivity contribution in [1.82, 2.24) is 0 Å². The van der Waals surface area contributed by atoms with Gasteiger partial charge in [0.2, 0.25) is 11.7 Å². The third-order valence-corrected chi connectivity index (χ3v) is 5.38. The van der Waals surface area contributed by atoms with Crippen molar-refractivity contribution in [2.75, 3.05) is 0 Å². The van der Waals surface area contributed by atoms with Gasteiger partial charge in [-0.1, -0.05) is 24.3 Å². The molecule has 1 aliphatic rings. The number of fused-ring (bicyclic) bond motifs is 3. The van der Waals surface area contributed by atoms with Crippen molar-refractivity contribution in [2.45, 2.75) is 26.2 Å². The van der Waals surface area contributed by atoms with E-state index in [-0.39, 0.29) is 5.41 Å². The Hall–Kier alpha value is -6.47. The van der Waals surface area contributed by atoms with Gasteiger partial charge < -0.3 is 0 Å². The largest absolute Gasteiger partial charge is 0.243 e. The molecule has 0 fully saturated rings. The van der Waals surface area contributed by atoms with E-state index in [9.17, 15) is 0 Å². The van der Waals surface area contributed by atoms with Crippen LogP contribution in [-0.4, -0.2) is 10.3 Å². The Labute approximate surface area is 225 Å². The molecule has 1 nitrogen and oxygen atoms in total. The van der Waals surface area contributed by atoms with Crippen molar-refractivity contribution in [3.63, 3.8) is 0 Å². The molecule has 0 radical (unpaired) electrons. The van der Waals surface area contributed by atoms with Crippen LogP contribution in [0.25, 0.3) is 10.8 Å². The molecule has 1 heterocycles. The van der Waals surface area contributed by atoms with E-state index in [2.05, 4.69) is 182 Å². The maximum atomic E-state index is 4.95. The predicted octanol–water partition coefficient (Wildman–Crippen LogP) is 3.86. The van der Waals surface area contributed by atoms with Gasteiger partial charge in [-0.05, 0) is 78.0 Å². The van der Waals surface area contributed by atoms with Crippen LogP contribution in [-0.2, 0) is 5.41 Å². The molecule has 0 spiro atoms. The van der Waals surface area contributed by atoms with Gasteiger partial charge in [0.05, 0.1) is 11.3 Å². The van der Waals surface area contributed by atoms with E-state index in [0.29, 0.717) is 0 Å². The molecule has 0 saturated heterocycles. The molecule has 0 bridgehead atoms. The van der Waals surface area contributed by atoms with Gasteiger partial charge in [-0.2, -0.15) is 0 Å². The number of nitrogens with zero attached hydrogens (tertiary/aromatic N) is 1. The van der Waals surface area contributed by atoms with Gasteiger partial charge in [0, 0.05) is 83.7 Å². The average molecular weight is 475 g/mol. The van der Waals surface area contributed by atoms with Gasteiger partial charge in [0.25, 0.3) is 0 Å². The highest BCUT2D eigenvalue weighted by molar-refractivity contribution is 6.01. The number of benzene rings is 2. The molecule has 0 aliphatic carbocycles. The molecule has 0 aromatic heterocycles. The third kappa shape index (κ3) is 6.78. The maximum absolute atomic E-state index is 4.95. The first kappa shape index (κ1) is 26.1. The zero-order valence-electron chi connectivity index (χ0n) is 21.0. The van der Waals surface area contributed by atoms with E-state index in [1.165, 1.54) is 16.3 Å². The SMILES string of the molecule is C#CC#CC#CC#CC#CC#CC#CC#CC#CC#CC#C[N+]1=C(C)C(C)(C)c2c1ccc1ccccc21. The summed E-state index contributed by atoms with van der Waals surface area (Å²) in [4.78, 5) is 0. The van der Waals surface area contributed by atoms with E-state index in [1.807, 2.05) is 4.58 Å². The Morgan fingerprint density at radius 3 is 1.53 bits per heavy atom. The van der Waals surface area contributed by atoms with Gasteiger partial charge in [0.1, 0.15) is 0 Å². The summed E-state index contributed by atoms with van der Waals surface area (Å²) in [5, 5.41) is 2.47. The lowest BCUT2D eigenvalue weighted by molar-refractivity contribution is -0.334. The lowest BCUT2D eigenvalue weighted by Crippen LogP contribution is -2.25. The quantitative estimate of drug-likeness (QED) is 0.403. The Balaban J connectivity index is 1.61. The van der Waals surface area contributed by atoms with Gasteiger partial charge in [-0.25, -0.2) is 0 Å². The molecule has 1 heteroatoms. The Morgan fingerprint density at radius 1 is 0.579 bits per heavy atom. The molecule has 168 valence electrons. The molecule has 0 saturated carbocycles. The highest BCUT2D eigenvalue weighted by Crippen LogP contribution is 2.43.